The standard InChI is InChI=1S/C22H35N7O2Si/c1-15(13-31-2)24-22-23-11-21-18(19-12-28(27-25-19)14-32(3,4)5)10-20(29(21)26-22)16-6-8-17(30)9-7-16/h10-12,15-17,30H,6-9,13-14H2,1-5H3,(H,24,26)/t15?,16-,17-. The maximum Gasteiger partial charge on any atom is 0.241 e. The molecule has 0 bridgehead atoms. The maximum absolute atomic E-state index is 9.99. The van der Waals surface area contributed by atoms with Crippen molar-refractivity contribution in [2.24, 2.45) is 0 Å². The van der Waals surface area contributed by atoms with Gasteiger partial charge in [0.05, 0.1) is 38.7 Å². The summed E-state index contributed by atoms with van der Waals surface area (Å²) >= 11 is 0. The molecule has 1 unspecified atom stereocenters. The number of nitrogens with zero attached hydrogens (tertiary/aromatic N) is 6. The highest BCUT2D eigenvalue weighted by Gasteiger charge is 2.26. The third-order valence-corrected chi connectivity index (χ3v) is 7.18. The first kappa shape index (κ1) is 22.9. The number of nitrogens with one attached hydrogen (secondary N) is 1. The maximum atomic E-state index is 9.99. The molecule has 0 aliphatic heterocycles. The van der Waals surface area contributed by atoms with Crippen molar-refractivity contribution in [1.29, 1.82) is 0 Å². The molecule has 1 saturated carbocycles. The summed E-state index contributed by atoms with van der Waals surface area (Å²) in [4.78, 5) is 4.57. The van der Waals surface area contributed by atoms with Gasteiger partial charge in [0.1, 0.15) is 5.69 Å². The molecule has 1 aliphatic rings. The smallest absolute Gasteiger partial charge is 0.241 e. The number of hydrogen-bond acceptors (Lipinski definition) is 7. The molecule has 10 heteroatoms. The van der Waals surface area contributed by atoms with Gasteiger partial charge in [-0.3, -0.25) is 4.68 Å². The molecule has 1 fully saturated rings. The zero-order valence-corrected chi connectivity index (χ0v) is 20.7. The SMILES string of the molecule is COCC(C)Nc1ncc2c(-c3cn(C[Si](C)(C)C)nn3)cc([C@H]3CC[C@H](O)CC3)n2n1. The van der Waals surface area contributed by atoms with Crippen molar-refractivity contribution in [3.63, 3.8) is 0 Å². The molecule has 1 aliphatic carbocycles. The third-order valence-electron chi connectivity index (χ3n) is 5.90. The van der Waals surface area contributed by atoms with E-state index in [-0.39, 0.29) is 12.1 Å². The fourth-order valence-electron chi connectivity index (χ4n) is 4.45. The molecular weight excluding hydrogens is 422 g/mol. The van der Waals surface area contributed by atoms with Gasteiger partial charge in [0.2, 0.25) is 5.95 Å². The number of methoxy groups -OCH3 is 1. The van der Waals surface area contributed by atoms with Crippen LogP contribution in [0.25, 0.3) is 16.8 Å². The van der Waals surface area contributed by atoms with Crippen LogP contribution >= 0.6 is 0 Å². The van der Waals surface area contributed by atoms with Crippen LogP contribution in [0.5, 0.6) is 0 Å². The fourth-order valence-corrected chi connectivity index (χ4v) is 5.57. The van der Waals surface area contributed by atoms with Gasteiger partial charge in [-0.05, 0) is 38.7 Å². The van der Waals surface area contributed by atoms with E-state index in [0.717, 1.165) is 54.3 Å². The highest BCUT2D eigenvalue weighted by atomic mass is 28.3. The second kappa shape index (κ2) is 9.28. The van der Waals surface area contributed by atoms with E-state index in [1.54, 1.807) is 7.11 Å². The predicted molar refractivity (Wildman–Crippen MR) is 128 cm³/mol. The lowest BCUT2D eigenvalue weighted by molar-refractivity contribution is 0.121. The van der Waals surface area contributed by atoms with Crippen LogP contribution < -0.4 is 5.32 Å². The Morgan fingerprint density at radius 1 is 1.25 bits per heavy atom. The van der Waals surface area contributed by atoms with E-state index in [1.807, 2.05) is 28.5 Å². The van der Waals surface area contributed by atoms with Gasteiger partial charge in [-0.2, -0.15) is 0 Å². The van der Waals surface area contributed by atoms with Crippen molar-refractivity contribution in [1.82, 2.24) is 29.6 Å². The van der Waals surface area contributed by atoms with Gasteiger partial charge in [-0.1, -0.05) is 24.9 Å². The van der Waals surface area contributed by atoms with Crippen molar-refractivity contribution < 1.29 is 9.84 Å². The Morgan fingerprint density at radius 3 is 2.69 bits per heavy atom. The number of hydrogen-bond donors (Lipinski definition) is 2. The average molecular weight is 458 g/mol. The van der Waals surface area contributed by atoms with Gasteiger partial charge in [-0.15, -0.1) is 10.2 Å². The van der Waals surface area contributed by atoms with E-state index in [4.69, 9.17) is 9.84 Å². The van der Waals surface area contributed by atoms with E-state index in [0.29, 0.717) is 18.5 Å². The second-order valence-electron chi connectivity index (χ2n) is 10.2. The van der Waals surface area contributed by atoms with E-state index in [9.17, 15) is 5.11 Å². The molecule has 9 nitrogen and oxygen atoms in total. The molecule has 174 valence electrons. The number of aliphatic hydroxyl groups is 1. The number of anilines is 1. The Hall–Kier alpha value is -2.30. The minimum atomic E-state index is -1.31. The molecular formula is C22H35N7O2Si. The molecule has 3 aromatic rings. The molecule has 4 rings (SSSR count). The number of aliphatic hydroxyl groups excluding tert-OH is 1. The minimum Gasteiger partial charge on any atom is -0.393 e. The van der Waals surface area contributed by atoms with Crippen LogP contribution in [0.15, 0.2) is 18.5 Å². The van der Waals surface area contributed by atoms with Crippen LogP contribution in [0.2, 0.25) is 19.6 Å². The van der Waals surface area contributed by atoms with Gasteiger partial charge < -0.3 is 15.2 Å². The molecule has 0 amide bonds. The highest BCUT2D eigenvalue weighted by Crippen LogP contribution is 2.37. The first-order valence-corrected chi connectivity index (χ1v) is 15.2. The van der Waals surface area contributed by atoms with E-state index in [1.165, 1.54) is 0 Å². The number of ether oxygens (including phenoxy) is 1. The predicted octanol–water partition coefficient (Wildman–Crippen LogP) is 3.33. The van der Waals surface area contributed by atoms with Crippen LogP contribution in [-0.4, -0.2) is 68.6 Å². The van der Waals surface area contributed by atoms with E-state index in [2.05, 4.69) is 46.3 Å². The average Bonchev–Trinajstić information content (AvgIpc) is 3.31. The van der Waals surface area contributed by atoms with Gasteiger partial charge in [0, 0.05) is 36.5 Å². The first-order valence-electron chi connectivity index (χ1n) is 11.5. The van der Waals surface area contributed by atoms with Crippen LogP contribution in [0.3, 0.4) is 0 Å². The van der Waals surface area contributed by atoms with Gasteiger partial charge in [-0.25, -0.2) is 9.50 Å². The summed E-state index contributed by atoms with van der Waals surface area (Å²) in [5.41, 5.74) is 3.92. The monoisotopic (exact) mass is 457 g/mol. The summed E-state index contributed by atoms with van der Waals surface area (Å²) in [6, 6.07) is 2.29. The second-order valence-corrected chi connectivity index (χ2v) is 15.7. The Labute approximate surface area is 190 Å². The zero-order valence-electron chi connectivity index (χ0n) is 19.7. The lowest BCUT2D eigenvalue weighted by Gasteiger charge is -2.25. The highest BCUT2D eigenvalue weighted by molar-refractivity contribution is 6.74. The van der Waals surface area contributed by atoms with E-state index < -0.39 is 8.07 Å². The van der Waals surface area contributed by atoms with Crippen molar-refractivity contribution in [3.05, 3.63) is 24.2 Å². The number of aromatic nitrogens is 6. The molecule has 0 saturated heterocycles. The van der Waals surface area contributed by atoms with Crippen LogP contribution in [0, 0.1) is 0 Å². The van der Waals surface area contributed by atoms with Gasteiger partial charge >= 0.3 is 0 Å². The van der Waals surface area contributed by atoms with Crippen LogP contribution in [-0.2, 0) is 10.9 Å². The molecule has 32 heavy (non-hydrogen) atoms. The van der Waals surface area contributed by atoms with Crippen LogP contribution in [0.1, 0.15) is 44.2 Å². The van der Waals surface area contributed by atoms with E-state index >= 15 is 0 Å². The minimum absolute atomic E-state index is 0.0993. The summed E-state index contributed by atoms with van der Waals surface area (Å²) < 4.78 is 9.19. The van der Waals surface area contributed by atoms with Crippen LogP contribution in [0.4, 0.5) is 5.95 Å². The normalized spacial score (nSPS) is 20.6. The third kappa shape index (κ3) is 5.19. The molecule has 0 radical (unpaired) electrons. The molecule has 1 atom stereocenters. The van der Waals surface area contributed by atoms with Gasteiger partial charge in [0.15, 0.2) is 0 Å². The number of rotatable bonds is 8. The summed E-state index contributed by atoms with van der Waals surface area (Å²) in [6.45, 7) is 9.59. The molecule has 0 aromatic carbocycles. The Balaban J connectivity index is 1.73. The summed E-state index contributed by atoms with van der Waals surface area (Å²) in [5.74, 6) is 0.916. The largest absolute Gasteiger partial charge is 0.393 e. The topological polar surface area (TPSA) is 102 Å². The summed E-state index contributed by atoms with van der Waals surface area (Å²) in [5, 5.41) is 27.0. The zero-order chi connectivity index (χ0) is 22.9. The molecule has 3 heterocycles. The molecule has 2 N–H and O–H groups in total. The Morgan fingerprint density at radius 2 is 2.00 bits per heavy atom. The Kier molecular flexibility index (Phi) is 6.64. The fraction of sp³-hybridized carbons (Fsp3) is 0.636. The summed E-state index contributed by atoms with van der Waals surface area (Å²) in [6.07, 6.45) is 8.17. The summed E-state index contributed by atoms with van der Waals surface area (Å²) in [7, 11) is 0.377. The van der Waals surface area contributed by atoms with Crippen molar-refractivity contribution >= 4 is 19.5 Å². The Bertz CT molecular complexity index is 1050. The molecule has 3 aromatic heterocycles. The number of fused-ring (bicyclic) bond motifs is 1. The molecule has 0 spiro atoms. The lowest BCUT2D eigenvalue weighted by atomic mass is 9.85. The van der Waals surface area contributed by atoms with Crippen molar-refractivity contribution in [2.75, 3.05) is 19.0 Å². The quantitative estimate of drug-likeness (QED) is 0.500. The lowest BCUT2D eigenvalue weighted by Crippen LogP contribution is -2.28. The van der Waals surface area contributed by atoms with Gasteiger partial charge in [0.25, 0.3) is 0 Å². The van der Waals surface area contributed by atoms with Crippen molar-refractivity contribution in [2.45, 2.75) is 76.5 Å². The van der Waals surface area contributed by atoms with Crippen molar-refractivity contribution in [3.8, 4) is 11.3 Å². The first-order chi connectivity index (χ1) is 15.2.